The molecule has 2 saturated heterocycles. The van der Waals surface area contributed by atoms with Gasteiger partial charge in [0.1, 0.15) is 28.7 Å². The van der Waals surface area contributed by atoms with Crippen LogP contribution in [0.2, 0.25) is 0 Å². The summed E-state index contributed by atoms with van der Waals surface area (Å²) >= 11 is 1.07. The first-order valence-electron chi connectivity index (χ1n) is 18.3. The Hall–Kier alpha value is -3.73. The molecule has 0 spiro atoms. The van der Waals surface area contributed by atoms with E-state index in [1.807, 2.05) is 6.07 Å². The van der Waals surface area contributed by atoms with Gasteiger partial charge in [-0.05, 0) is 99.2 Å². The van der Waals surface area contributed by atoms with Gasteiger partial charge in [-0.3, -0.25) is 9.69 Å². The highest BCUT2D eigenvalue weighted by molar-refractivity contribution is 7.18. The number of rotatable bonds is 11. The lowest BCUT2D eigenvalue weighted by Gasteiger charge is -2.76. The molecule has 1 aromatic carbocycles. The van der Waals surface area contributed by atoms with Gasteiger partial charge >= 0.3 is 6.18 Å². The van der Waals surface area contributed by atoms with Crippen LogP contribution in [0.5, 0.6) is 0 Å². The fourth-order valence-corrected chi connectivity index (χ4v) is 10.5. The second kappa shape index (κ2) is 13.0. The summed E-state index contributed by atoms with van der Waals surface area (Å²) in [7, 11) is 0. The highest BCUT2D eigenvalue weighted by atomic mass is 32.1. The zero-order valence-corrected chi connectivity index (χ0v) is 30.1. The second-order valence-corrected chi connectivity index (χ2v) is 16.7. The number of nitriles is 1. The van der Waals surface area contributed by atoms with Gasteiger partial charge < -0.3 is 20.1 Å². The van der Waals surface area contributed by atoms with Crippen LogP contribution < -0.4 is 10.6 Å². The highest BCUT2D eigenvalue weighted by Gasteiger charge is 2.74. The fourth-order valence-electron chi connectivity index (χ4n) is 9.44. The van der Waals surface area contributed by atoms with E-state index in [0.717, 1.165) is 93.7 Å². The van der Waals surface area contributed by atoms with Crippen molar-refractivity contribution in [2.75, 3.05) is 38.0 Å². The molecule has 2 bridgehead atoms. The van der Waals surface area contributed by atoms with E-state index in [4.69, 9.17) is 0 Å². The lowest BCUT2D eigenvalue weighted by atomic mass is 9.33. The van der Waals surface area contributed by atoms with Crippen molar-refractivity contribution >= 4 is 44.2 Å². The average molecular weight is 719 g/mol. The molecular formula is C38H45F3N8OS. The number of nitrogens with one attached hydrogen (secondary N) is 2. The minimum absolute atomic E-state index is 0.0883. The molecule has 5 heterocycles. The van der Waals surface area contributed by atoms with Gasteiger partial charge in [0.2, 0.25) is 5.91 Å². The number of thiophene rings is 1. The minimum Gasteiger partial charge on any atom is -0.367 e. The molecule has 270 valence electrons. The van der Waals surface area contributed by atoms with E-state index < -0.39 is 12.6 Å². The maximum atomic E-state index is 13.0. The summed E-state index contributed by atoms with van der Waals surface area (Å²) in [6.07, 6.45) is 2.96. The van der Waals surface area contributed by atoms with Gasteiger partial charge in [-0.15, -0.1) is 11.3 Å². The number of nitrogens with zero attached hydrogens (tertiary/aromatic N) is 6. The standard InChI is InChI=1S/C38H45F3N8OS/c1-24-26(19-48-12-7-27(8-13-48)45-34-31-16-29(17-38(39,40)41)51-35(31)44-23-43-34)5-6-32-30(24)15-28(18-42)49(32)22-36-20-37(21-36,25(36)2)46-33(50)9-14-47-10-3-4-11-47/h5-6,15-16,23,25,27H,3-4,7-14,17,19-22H2,1-2H3,(H,46,50)(H,43,44,45)/t25-,36?,37?/m0/s1. The third-order valence-electron chi connectivity index (χ3n) is 12.5. The number of halogens is 3. The first-order valence-corrected chi connectivity index (χ1v) is 19.1. The highest BCUT2D eigenvalue weighted by Crippen LogP contribution is 2.72. The van der Waals surface area contributed by atoms with Gasteiger partial charge in [0.15, 0.2) is 0 Å². The Bertz CT molecular complexity index is 1990. The van der Waals surface area contributed by atoms with Gasteiger partial charge in [-0.1, -0.05) is 13.0 Å². The molecule has 1 amide bonds. The molecule has 0 unspecified atom stereocenters. The molecule has 3 aromatic heterocycles. The summed E-state index contributed by atoms with van der Waals surface area (Å²) in [5, 5.41) is 18.8. The third kappa shape index (κ3) is 6.48. The summed E-state index contributed by atoms with van der Waals surface area (Å²) in [6.45, 7) is 10.8. The number of carbonyl (C=O) groups excluding carboxylic acids is 1. The third-order valence-corrected chi connectivity index (χ3v) is 13.5. The first-order chi connectivity index (χ1) is 24.4. The number of hydrogen-bond donors (Lipinski definition) is 2. The number of fused-ring (bicyclic) bond motifs is 2. The average Bonchev–Trinajstić information content (AvgIpc) is 3.84. The number of carbonyl (C=O) groups is 1. The van der Waals surface area contributed by atoms with E-state index in [-0.39, 0.29) is 27.8 Å². The molecular weight excluding hydrogens is 674 g/mol. The van der Waals surface area contributed by atoms with Gasteiger partial charge in [-0.2, -0.15) is 18.4 Å². The number of benzene rings is 1. The largest absolute Gasteiger partial charge is 0.393 e. The Balaban J connectivity index is 0.880. The van der Waals surface area contributed by atoms with Crippen molar-refractivity contribution in [3.8, 4) is 6.07 Å². The Morgan fingerprint density at radius 2 is 1.84 bits per heavy atom. The molecule has 2 N–H and O–H groups in total. The van der Waals surface area contributed by atoms with Gasteiger partial charge in [0.05, 0.1) is 11.8 Å². The van der Waals surface area contributed by atoms with Crippen LogP contribution in [0.15, 0.2) is 30.6 Å². The topological polar surface area (TPSA) is 102 Å². The van der Waals surface area contributed by atoms with Crippen molar-refractivity contribution in [3.63, 3.8) is 0 Å². The van der Waals surface area contributed by atoms with Gasteiger partial charge in [0, 0.05) is 66.5 Å². The van der Waals surface area contributed by atoms with Crippen LogP contribution in [-0.4, -0.2) is 80.7 Å². The minimum atomic E-state index is -4.26. The predicted molar refractivity (Wildman–Crippen MR) is 192 cm³/mol. The predicted octanol–water partition coefficient (Wildman–Crippen LogP) is 6.78. The zero-order chi connectivity index (χ0) is 35.5. The number of aryl methyl sites for hydroxylation is 1. The molecule has 0 radical (unpaired) electrons. The molecule has 5 fully saturated rings. The van der Waals surface area contributed by atoms with Crippen molar-refractivity contribution in [3.05, 3.63) is 52.3 Å². The number of likely N-dealkylation sites (tertiary alicyclic amines) is 2. The number of anilines is 1. The van der Waals surface area contributed by atoms with Crippen LogP contribution in [0, 0.1) is 29.6 Å². The Kier molecular flexibility index (Phi) is 8.79. The quantitative estimate of drug-likeness (QED) is 0.176. The van der Waals surface area contributed by atoms with Crippen LogP contribution >= 0.6 is 11.3 Å². The van der Waals surface area contributed by atoms with Crippen molar-refractivity contribution in [1.82, 2.24) is 29.7 Å². The van der Waals surface area contributed by atoms with Crippen LogP contribution in [-0.2, 0) is 24.3 Å². The van der Waals surface area contributed by atoms with Crippen molar-refractivity contribution in [2.45, 2.75) is 96.1 Å². The number of alkyl halides is 3. The summed E-state index contributed by atoms with van der Waals surface area (Å²) in [6, 6.07) is 10.6. The summed E-state index contributed by atoms with van der Waals surface area (Å²) in [5.41, 5.74) is 4.25. The summed E-state index contributed by atoms with van der Waals surface area (Å²) in [5.74, 6) is 1.14. The number of piperidine rings is 1. The molecule has 3 aliphatic carbocycles. The maximum absolute atomic E-state index is 13.0. The molecule has 4 aromatic rings. The smallest absolute Gasteiger partial charge is 0.367 e. The normalized spacial score (nSPS) is 25.5. The van der Waals surface area contributed by atoms with Crippen LogP contribution in [0.3, 0.4) is 0 Å². The van der Waals surface area contributed by atoms with Crippen LogP contribution in [0.25, 0.3) is 21.1 Å². The van der Waals surface area contributed by atoms with E-state index in [1.54, 1.807) is 6.07 Å². The number of hydrogen-bond acceptors (Lipinski definition) is 8. The monoisotopic (exact) mass is 718 g/mol. The Morgan fingerprint density at radius 3 is 2.55 bits per heavy atom. The summed E-state index contributed by atoms with van der Waals surface area (Å²) < 4.78 is 41.2. The van der Waals surface area contributed by atoms with Gasteiger partial charge in [-0.25, -0.2) is 9.97 Å². The molecule has 51 heavy (non-hydrogen) atoms. The maximum Gasteiger partial charge on any atom is 0.393 e. The fraction of sp³-hybridized carbons (Fsp3) is 0.579. The lowest BCUT2D eigenvalue weighted by molar-refractivity contribution is -0.228. The van der Waals surface area contributed by atoms with E-state index >= 15 is 0 Å². The SMILES string of the molecule is Cc1c(CN2CCC(Nc3ncnc4sc(CC(F)(F)F)cc34)CC2)ccc2c1cc(C#N)n2CC12CC(NC(=O)CCN3CCCC3)(C1)[C@H]2C. The van der Waals surface area contributed by atoms with Gasteiger partial charge in [0.25, 0.3) is 0 Å². The molecule has 2 aliphatic heterocycles. The van der Waals surface area contributed by atoms with E-state index in [2.05, 4.69) is 67.0 Å². The van der Waals surface area contributed by atoms with Crippen molar-refractivity contribution < 1.29 is 18.0 Å². The first kappa shape index (κ1) is 34.4. The molecule has 13 heteroatoms. The second-order valence-electron chi connectivity index (χ2n) is 15.6. The van der Waals surface area contributed by atoms with Crippen molar-refractivity contribution in [2.24, 2.45) is 11.3 Å². The van der Waals surface area contributed by atoms with Crippen LogP contribution in [0.4, 0.5) is 19.0 Å². The molecule has 5 aliphatic rings. The van der Waals surface area contributed by atoms with E-state index in [0.29, 0.717) is 34.1 Å². The molecule has 1 atom stereocenters. The Morgan fingerprint density at radius 1 is 1.08 bits per heavy atom. The number of amides is 1. The van der Waals surface area contributed by atoms with E-state index in [1.165, 1.54) is 30.3 Å². The van der Waals surface area contributed by atoms with Crippen molar-refractivity contribution in [1.29, 1.82) is 5.26 Å². The van der Waals surface area contributed by atoms with Crippen LogP contribution in [0.1, 0.15) is 73.6 Å². The zero-order valence-electron chi connectivity index (χ0n) is 29.3. The Labute approximate surface area is 300 Å². The molecule has 9 rings (SSSR count). The lowest BCUT2D eigenvalue weighted by Crippen LogP contribution is -2.81. The summed E-state index contributed by atoms with van der Waals surface area (Å²) in [4.78, 5) is 27.0. The van der Waals surface area contributed by atoms with E-state index in [9.17, 15) is 23.2 Å². The molecule has 9 nitrogen and oxygen atoms in total. The molecule has 3 saturated carbocycles. The number of aromatic nitrogens is 3.